The quantitative estimate of drug-likeness (QED) is 0.442. The standard InChI is InChI=1S/C9H16N2O4/c1-5(12)8(9(14)15)11-7(13)4-10-6-2-3-6/h5-6,8,10,12H,2-4H2,1H3,(H,11,13)(H,14,15)/t5-,8+/m1/s1. The molecule has 4 N–H and O–H groups in total. The van der Waals surface area contributed by atoms with E-state index >= 15 is 0 Å². The maximum atomic E-state index is 11.2. The van der Waals surface area contributed by atoms with Gasteiger partial charge >= 0.3 is 5.97 Å². The highest BCUT2D eigenvalue weighted by molar-refractivity contribution is 5.85. The molecule has 15 heavy (non-hydrogen) atoms. The number of rotatable bonds is 6. The van der Waals surface area contributed by atoms with Crippen molar-refractivity contribution in [2.75, 3.05) is 6.54 Å². The van der Waals surface area contributed by atoms with Gasteiger partial charge in [-0.15, -0.1) is 0 Å². The molecule has 6 heteroatoms. The Morgan fingerprint density at radius 2 is 2.07 bits per heavy atom. The van der Waals surface area contributed by atoms with Crippen LogP contribution < -0.4 is 10.6 Å². The summed E-state index contributed by atoms with van der Waals surface area (Å²) in [6.07, 6.45) is 1.02. The second kappa shape index (κ2) is 5.09. The van der Waals surface area contributed by atoms with Crippen LogP contribution in [0.2, 0.25) is 0 Å². The van der Waals surface area contributed by atoms with Crippen molar-refractivity contribution in [2.24, 2.45) is 0 Å². The molecule has 1 rings (SSSR count). The molecule has 1 aliphatic rings. The summed E-state index contributed by atoms with van der Waals surface area (Å²) in [6, 6.07) is -0.843. The molecule has 1 amide bonds. The molecule has 1 fully saturated rings. The summed E-state index contributed by atoms with van der Waals surface area (Å²) >= 11 is 0. The number of aliphatic hydroxyl groups excluding tert-OH is 1. The van der Waals surface area contributed by atoms with Crippen LogP contribution in [0.1, 0.15) is 19.8 Å². The fourth-order valence-corrected chi connectivity index (χ4v) is 1.14. The van der Waals surface area contributed by atoms with Crippen molar-refractivity contribution >= 4 is 11.9 Å². The largest absolute Gasteiger partial charge is 0.480 e. The minimum atomic E-state index is -1.24. The number of carboxylic acids is 1. The maximum absolute atomic E-state index is 11.2. The Kier molecular flexibility index (Phi) is 4.05. The molecule has 2 atom stereocenters. The minimum Gasteiger partial charge on any atom is -0.480 e. The Morgan fingerprint density at radius 1 is 1.47 bits per heavy atom. The third-order valence-corrected chi connectivity index (χ3v) is 2.19. The van der Waals surface area contributed by atoms with Crippen molar-refractivity contribution in [3.63, 3.8) is 0 Å². The molecule has 0 radical (unpaired) electrons. The molecule has 1 aliphatic carbocycles. The molecule has 6 nitrogen and oxygen atoms in total. The van der Waals surface area contributed by atoms with Gasteiger partial charge in [0.05, 0.1) is 12.6 Å². The Labute approximate surface area is 87.7 Å². The molecule has 0 spiro atoms. The van der Waals surface area contributed by atoms with Crippen molar-refractivity contribution < 1.29 is 19.8 Å². The van der Waals surface area contributed by atoms with Gasteiger partial charge in [0.15, 0.2) is 6.04 Å². The SMILES string of the molecule is C[C@@H](O)[C@H](NC(=O)CNC1CC1)C(=O)O. The second-order valence-electron chi connectivity index (χ2n) is 3.78. The predicted molar refractivity (Wildman–Crippen MR) is 52.3 cm³/mol. The number of carbonyl (C=O) groups excluding carboxylic acids is 1. The Bertz CT molecular complexity index is 250. The van der Waals surface area contributed by atoms with Crippen LogP contribution >= 0.6 is 0 Å². The highest BCUT2D eigenvalue weighted by Gasteiger charge is 2.26. The number of amides is 1. The number of hydrogen-bond donors (Lipinski definition) is 4. The number of hydrogen-bond acceptors (Lipinski definition) is 4. The van der Waals surface area contributed by atoms with Crippen LogP contribution in [0.4, 0.5) is 0 Å². The van der Waals surface area contributed by atoms with Gasteiger partial charge in [0.2, 0.25) is 5.91 Å². The van der Waals surface area contributed by atoms with Crippen LogP contribution in [-0.2, 0) is 9.59 Å². The van der Waals surface area contributed by atoms with E-state index in [9.17, 15) is 9.59 Å². The van der Waals surface area contributed by atoms with E-state index in [1.807, 2.05) is 0 Å². The lowest BCUT2D eigenvalue weighted by Gasteiger charge is -2.17. The first-order valence-electron chi connectivity index (χ1n) is 4.94. The maximum Gasteiger partial charge on any atom is 0.328 e. The second-order valence-corrected chi connectivity index (χ2v) is 3.78. The van der Waals surface area contributed by atoms with Gasteiger partial charge in [-0.05, 0) is 19.8 Å². The van der Waals surface area contributed by atoms with Crippen LogP contribution in [0.5, 0.6) is 0 Å². The van der Waals surface area contributed by atoms with Gasteiger partial charge in [0.1, 0.15) is 0 Å². The molecule has 0 aliphatic heterocycles. The molecule has 0 aromatic carbocycles. The van der Waals surface area contributed by atoms with E-state index in [4.69, 9.17) is 10.2 Å². The molecule has 0 aromatic heterocycles. The Balaban J connectivity index is 2.28. The van der Waals surface area contributed by atoms with Crippen LogP contribution in [0.15, 0.2) is 0 Å². The molecular weight excluding hydrogens is 200 g/mol. The Morgan fingerprint density at radius 3 is 2.47 bits per heavy atom. The van der Waals surface area contributed by atoms with E-state index < -0.39 is 24.0 Å². The molecule has 0 bridgehead atoms. The van der Waals surface area contributed by atoms with Gasteiger partial charge in [-0.1, -0.05) is 0 Å². The lowest BCUT2D eigenvalue weighted by molar-refractivity contribution is -0.144. The van der Waals surface area contributed by atoms with Gasteiger partial charge in [0.25, 0.3) is 0 Å². The lowest BCUT2D eigenvalue weighted by Crippen LogP contribution is -2.50. The van der Waals surface area contributed by atoms with Crippen LogP contribution in [0.25, 0.3) is 0 Å². The number of nitrogens with one attached hydrogen (secondary N) is 2. The molecule has 0 saturated heterocycles. The van der Waals surface area contributed by atoms with Gasteiger partial charge in [-0.3, -0.25) is 4.79 Å². The van der Waals surface area contributed by atoms with Crippen LogP contribution in [0, 0.1) is 0 Å². The first-order valence-corrected chi connectivity index (χ1v) is 4.94. The lowest BCUT2D eigenvalue weighted by atomic mass is 10.2. The van der Waals surface area contributed by atoms with E-state index in [2.05, 4.69) is 10.6 Å². The van der Waals surface area contributed by atoms with Crippen molar-refractivity contribution in [1.82, 2.24) is 10.6 Å². The number of carboxylic acid groups (broad SMARTS) is 1. The van der Waals surface area contributed by atoms with Crippen LogP contribution in [-0.4, -0.2) is 46.8 Å². The minimum absolute atomic E-state index is 0.0984. The van der Waals surface area contributed by atoms with E-state index in [-0.39, 0.29) is 6.54 Å². The van der Waals surface area contributed by atoms with E-state index in [0.29, 0.717) is 6.04 Å². The summed E-state index contributed by atoms with van der Waals surface area (Å²) < 4.78 is 0. The molecule has 1 saturated carbocycles. The third kappa shape index (κ3) is 4.26. The van der Waals surface area contributed by atoms with Crippen molar-refractivity contribution in [1.29, 1.82) is 0 Å². The average molecular weight is 216 g/mol. The summed E-state index contributed by atoms with van der Waals surface area (Å²) in [5.74, 6) is -1.64. The predicted octanol–water partition coefficient (Wildman–Crippen LogP) is -1.31. The average Bonchev–Trinajstić information content (AvgIpc) is 2.93. The summed E-state index contributed by atoms with van der Waals surface area (Å²) in [7, 11) is 0. The number of aliphatic hydroxyl groups is 1. The fourth-order valence-electron chi connectivity index (χ4n) is 1.14. The summed E-state index contributed by atoms with van der Waals surface area (Å²) in [5, 5.41) is 23.0. The molecule has 86 valence electrons. The zero-order chi connectivity index (χ0) is 11.4. The van der Waals surface area contributed by atoms with Crippen LogP contribution in [0.3, 0.4) is 0 Å². The molecule has 0 heterocycles. The first kappa shape index (κ1) is 11.9. The smallest absolute Gasteiger partial charge is 0.328 e. The highest BCUT2D eigenvalue weighted by Crippen LogP contribution is 2.17. The zero-order valence-electron chi connectivity index (χ0n) is 8.56. The van der Waals surface area contributed by atoms with E-state index in [0.717, 1.165) is 12.8 Å². The monoisotopic (exact) mass is 216 g/mol. The topological polar surface area (TPSA) is 98.7 Å². The Hall–Kier alpha value is -1.14. The normalized spacial score (nSPS) is 19.3. The van der Waals surface area contributed by atoms with Gasteiger partial charge in [0, 0.05) is 6.04 Å². The highest BCUT2D eigenvalue weighted by atomic mass is 16.4. The third-order valence-electron chi connectivity index (χ3n) is 2.19. The summed E-state index contributed by atoms with van der Waals surface area (Å²) in [4.78, 5) is 21.9. The zero-order valence-corrected chi connectivity index (χ0v) is 8.56. The number of aliphatic carboxylic acids is 1. The van der Waals surface area contributed by atoms with Gasteiger partial charge in [-0.2, -0.15) is 0 Å². The van der Waals surface area contributed by atoms with Crippen molar-refractivity contribution in [2.45, 2.75) is 38.0 Å². The molecule has 0 unspecified atom stereocenters. The molecule has 0 aromatic rings. The fraction of sp³-hybridized carbons (Fsp3) is 0.778. The number of carbonyl (C=O) groups is 2. The van der Waals surface area contributed by atoms with Crippen molar-refractivity contribution in [3.8, 4) is 0 Å². The van der Waals surface area contributed by atoms with E-state index in [1.54, 1.807) is 0 Å². The summed E-state index contributed by atoms with van der Waals surface area (Å²) in [5.41, 5.74) is 0. The molecular formula is C9H16N2O4. The van der Waals surface area contributed by atoms with E-state index in [1.165, 1.54) is 6.92 Å². The summed E-state index contributed by atoms with van der Waals surface area (Å²) in [6.45, 7) is 1.43. The van der Waals surface area contributed by atoms with Gasteiger partial charge in [-0.25, -0.2) is 4.79 Å². The first-order chi connectivity index (χ1) is 7.00. The van der Waals surface area contributed by atoms with Crippen molar-refractivity contribution in [3.05, 3.63) is 0 Å². The van der Waals surface area contributed by atoms with Gasteiger partial charge < -0.3 is 20.8 Å².